The van der Waals surface area contributed by atoms with E-state index in [9.17, 15) is 0 Å². The lowest BCUT2D eigenvalue weighted by Crippen LogP contribution is -2.30. The first-order valence-corrected chi connectivity index (χ1v) is 15.9. The summed E-state index contributed by atoms with van der Waals surface area (Å²) in [4.78, 5) is 2.41. The predicted molar refractivity (Wildman–Crippen MR) is 185 cm³/mol. The molecule has 0 atom stereocenters. The second kappa shape index (κ2) is 9.69. The number of anilines is 3. The van der Waals surface area contributed by atoms with Crippen LogP contribution in [0.3, 0.4) is 0 Å². The molecular formula is C39H28BrNS. The van der Waals surface area contributed by atoms with Crippen LogP contribution in [-0.4, -0.2) is 0 Å². The maximum atomic E-state index is 3.84. The van der Waals surface area contributed by atoms with Gasteiger partial charge in [0.15, 0.2) is 0 Å². The lowest BCUT2D eigenvalue weighted by atomic mass is 9.73. The summed E-state index contributed by atoms with van der Waals surface area (Å²) < 4.78 is 3.75. The summed E-state index contributed by atoms with van der Waals surface area (Å²) in [6, 6.07) is 48.9. The zero-order valence-corrected chi connectivity index (χ0v) is 25.8. The average molecular weight is 623 g/mol. The van der Waals surface area contributed by atoms with Crippen molar-refractivity contribution in [2.45, 2.75) is 19.3 Å². The molecule has 1 aliphatic rings. The van der Waals surface area contributed by atoms with E-state index in [1.165, 1.54) is 70.6 Å². The molecule has 202 valence electrons. The normalized spacial score (nSPS) is 13.7. The first kappa shape index (κ1) is 25.5. The molecule has 2 heterocycles. The highest BCUT2D eigenvalue weighted by Gasteiger charge is 2.36. The number of benzene rings is 6. The molecule has 0 unspecified atom stereocenters. The van der Waals surface area contributed by atoms with Crippen molar-refractivity contribution in [3.05, 3.63) is 149 Å². The van der Waals surface area contributed by atoms with E-state index < -0.39 is 0 Å². The third-order valence-electron chi connectivity index (χ3n) is 8.68. The Morgan fingerprint density at radius 2 is 1.17 bits per heavy atom. The number of halogens is 1. The van der Waals surface area contributed by atoms with Gasteiger partial charge in [0.1, 0.15) is 0 Å². The number of fused-ring (bicyclic) bond motifs is 5. The highest BCUT2D eigenvalue weighted by atomic mass is 79.9. The number of thiophene rings is 1. The number of nitrogens with zero attached hydrogens (tertiary/aromatic N) is 1. The van der Waals surface area contributed by atoms with Gasteiger partial charge in [-0.25, -0.2) is 0 Å². The number of hydrogen-bond donors (Lipinski definition) is 0. The van der Waals surface area contributed by atoms with Crippen LogP contribution in [0.2, 0.25) is 0 Å². The fourth-order valence-electron chi connectivity index (χ4n) is 6.57. The van der Waals surface area contributed by atoms with E-state index in [1.807, 2.05) is 11.3 Å². The minimum absolute atomic E-state index is 0.146. The van der Waals surface area contributed by atoms with Crippen molar-refractivity contribution >= 4 is 64.5 Å². The zero-order chi connectivity index (χ0) is 28.4. The fourth-order valence-corrected chi connectivity index (χ4v) is 8.15. The number of hydrogen-bond acceptors (Lipinski definition) is 2. The molecule has 1 aromatic heterocycles. The van der Waals surface area contributed by atoms with Gasteiger partial charge in [0.2, 0.25) is 0 Å². The van der Waals surface area contributed by atoms with Crippen LogP contribution in [0.1, 0.15) is 25.0 Å². The standard InChI is InChI=1S/C39H28BrNS/c1-39(2)33-13-7-8-14-35(33)41(30-10-4-3-5-11-30)36-18-16-26(24-34(36)39)28-20-27(21-29(40)22-28)25-17-19-38-32(23-25)31-12-6-9-15-37(31)42-38/h3-24H,1-2H3. The molecule has 8 rings (SSSR count). The predicted octanol–water partition coefficient (Wildman–Crippen LogP) is 12.3. The molecule has 0 saturated carbocycles. The summed E-state index contributed by atoms with van der Waals surface area (Å²) in [6.07, 6.45) is 0. The summed E-state index contributed by atoms with van der Waals surface area (Å²) in [5.74, 6) is 0. The zero-order valence-electron chi connectivity index (χ0n) is 23.4. The minimum atomic E-state index is -0.146. The van der Waals surface area contributed by atoms with Gasteiger partial charge in [-0.15, -0.1) is 11.3 Å². The van der Waals surface area contributed by atoms with E-state index in [0.717, 1.165) is 4.47 Å². The smallest absolute Gasteiger partial charge is 0.0503 e. The summed E-state index contributed by atoms with van der Waals surface area (Å²) in [6.45, 7) is 4.70. The van der Waals surface area contributed by atoms with Gasteiger partial charge in [-0.05, 0) is 100 Å². The Balaban J connectivity index is 1.27. The molecule has 0 aliphatic carbocycles. The fraction of sp³-hybridized carbons (Fsp3) is 0.0769. The molecule has 0 spiro atoms. The largest absolute Gasteiger partial charge is 0.310 e. The average Bonchev–Trinajstić information content (AvgIpc) is 3.39. The Hall–Kier alpha value is -4.18. The summed E-state index contributed by atoms with van der Waals surface area (Å²) in [5.41, 5.74) is 11.1. The summed E-state index contributed by atoms with van der Waals surface area (Å²) in [7, 11) is 0. The molecule has 3 heteroatoms. The highest BCUT2D eigenvalue weighted by molar-refractivity contribution is 9.10. The first-order chi connectivity index (χ1) is 20.5. The van der Waals surface area contributed by atoms with Crippen molar-refractivity contribution in [1.82, 2.24) is 0 Å². The molecule has 1 nitrogen and oxygen atoms in total. The van der Waals surface area contributed by atoms with Gasteiger partial charge in [0.05, 0.1) is 11.4 Å². The van der Waals surface area contributed by atoms with Crippen molar-refractivity contribution in [2.75, 3.05) is 4.90 Å². The van der Waals surface area contributed by atoms with Gasteiger partial charge >= 0.3 is 0 Å². The molecule has 6 aromatic carbocycles. The first-order valence-electron chi connectivity index (χ1n) is 14.3. The molecule has 42 heavy (non-hydrogen) atoms. The van der Waals surface area contributed by atoms with E-state index in [1.54, 1.807) is 0 Å². The van der Waals surface area contributed by atoms with Crippen LogP contribution < -0.4 is 4.90 Å². The Morgan fingerprint density at radius 3 is 2.00 bits per heavy atom. The molecule has 1 aliphatic heterocycles. The Bertz CT molecular complexity index is 2140. The lowest BCUT2D eigenvalue weighted by molar-refractivity contribution is 0.632. The molecule has 0 fully saturated rings. The van der Waals surface area contributed by atoms with Crippen molar-refractivity contribution in [2.24, 2.45) is 0 Å². The maximum absolute atomic E-state index is 3.84. The van der Waals surface area contributed by atoms with Gasteiger partial charge in [0.25, 0.3) is 0 Å². The summed E-state index contributed by atoms with van der Waals surface area (Å²) >= 11 is 5.70. The van der Waals surface area contributed by atoms with E-state index in [2.05, 4.69) is 168 Å². The van der Waals surface area contributed by atoms with Crippen LogP contribution in [0.25, 0.3) is 42.4 Å². The SMILES string of the molecule is CC1(C)c2ccccc2N(c2ccccc2)c2ccc(-c3cc(Br)cc(-c4ccc5sc6ccccc6c5c4)c3)cc21. The van der Waals surface area contributed by atoms with Gasteiger partial charge in [-0.3, -0.25) is 0 Å². The topological polar surface area (TPSA) is 3.24 Å². The second-order valence-electron chi connectivity index (χ2n) is 11.6. The molecule has 0 saturated heterocycles. The molecular weight excluding hydrogens is 594 g/mol. The molecule has 0 N–H and O–H groups in total. The number of para-hydroxylation sites is 2. The van der Waals surface area contributed by atoms with E-state index in [0.29, 0.717) is 0 Å². The van der Waals surface area contributed by atoms with Gasteiger partial charge in [-0.1, -0.05) is 96.5 Å². The molecule has 0 amide bonds. The third-order valence-corrected chi connectivity index (χ3v) is 10.3. The van der Waals surface area contributed by atoms with Crippen molar-refractivity contribution < 1.29 is 0 Å². The van der Waals surface area contributed by atoms with Crippen molar-refractivity contribution in [3.8, 4) is 22.3 Å². The Kier molecular flexibility index (Phi) is 5.89. The summed E-state index contributed by atoms with van der Waals surface area (Å²) in [5, 5.41) is 2.65. The quantitative estimate of drug-likeness (QED) is 0.190. The second-order valence-corrected chi connectivity index (χ2v) is 13.6. The molecule has 0 bridgehead atoms. The van der Waals surface area contributed by atoms with E-state index >= 15 is 0 Å². The van der Waals surface area contributed by atoms with Crippen LogP contribution in [0.4, 0.5) is 17.1 Å². The van der Waals surface area contributed by atoms with Gasteiger partial charge < -0.3 is 4.90 Å². The monoisotopic (exact) mass is 621 g/mol. The Labute approximate surface area is 258 Å². The van der Waals surface area contributed by atoms with Crippen LogP contribution in [0.5, 0.6) is 0 Å². The Morgan fingerprint density at radius 1 is 0.524 bits per heavy atom. The highest BCUT2D eigenvalue weighted by Crippen LogP contribution is 2.52. The van der Waals surface area contributed by atoms with Crippen LogP contribution in [-0.2, 0) is 5.41 Å². The third kappa shape index (κ3) is 4.03. The van der Waals surface area contributed by atoms with E-state index in [4.69, 9.17) is 0 Å². The minimum Gasteiger partial charge on any atom is -0.310 e. The van der Waals surface area contributed by atoms with Gasteiger partial charge in [0, 0.05) is 35.7 Å². The maximum Gasteiger partial charge on any atom is 0.0503 e. The van der Waals surface area contributed by atoms with Crippen molar-refractivity contribution in [1.29, 1.82) is 0 Å². The molecule has 7 aromatic rings. The van der Waals surface area contributed by atoms with Gasteiger partial charge in [-0.2, -0.15) is 0 Å². The van der Waals surface area contributed by atoms with E-state index in [-0.39, 0.29) is 5.41 Å². The number of rotatable bonds is 3. The van der Waals surface area contributed by atoms with Crippen LogP contribution >= 0.6 is 27.3 Å². The van der Waals surface area contributed by atoms with Crippen LogP contribution in [0, 0.1) is 0 Å². The van der Waals surface area contributed by atoms with Crippen LogP contribution in [0.15, 0.2) is 138 Å². The van der Waals surface area contributed by atoms with Crippen molar-refractivity contribution in [3.63, 3.8) is 0 Å². The molecule has 0 radical (unpaired) electrons. The lowest BCUT2D eigenvalue weighted by Gasteiger charge is -2.42.